The van der Waals surface area contributed by atoms with Crippen molar-refractivity contribution in [2.24, 2.45) is 0 Å². The van der Waals surface area contributed by atoms with Crippen molar-refractivity contribution >= 4 is 34.8 Å². The maximum absolute atomic E-state index is 13.4. The normalized spacial score (nSPS) is 11.0. The van der Waals surface area contributed by atoms with Crippen molar-refractivity contribution in [3.05, 3.63) is 81.8 Å². The highest BCUT2D eigenvalue weighted by Crippen LogP contribution is 2.20. The lowest BCUT2D eigenvalue weighted by Gasteiger charge is -2.07. The smallest absolute Gasteiger partial charge is 0.253 e. The fourth-order valence-corrected chi connectivity index (χ4v) is 2.97. The number of carbonyl (C=O) groups excluding carboxylic acids is 1. The standard InChI is InChI=1S/C19H12Cl2FN5O/c20-12-3-1-11(2-4-12)16-7-8-17-24-25-18(27(17)26-16)10-23-19(28)14-9-13(22)5-6-15(14)21/h1-9H,10H2,(H,23,28). The summed E-state index contributed by atoms with van der Waals surface area (Å²) in [5.41, 5.74) is 2.15. The van der Waals surface area contributed by atoms with Gasteiger partial charge in [0.1, 0.15) is 5.82 Å². The third-order valence-electron chi connectivity index (χ3n) is 4.05. The summed E-state index contributed by atoms with van der Waals surface area (Å²) in [5, 5.41) is 16.1. The molecule has 1 amide bonds. The molecular formula is C19H12Cl2FN5O. The average molecular weight is 416 g/mol. The van der Waals surface area contributed by atoms with Crippen molar-refractivity contribution in [2.45, 2.75) is 6.54 Å². The molecular weight excluding hydrogens is 404 g/mol. The number of benzene rings is 2. The molecule has 0 spiro atoms. The lowest BCUT2D eigenvalue weighted by Crippen LogP contribution is -2.24. The quantitative estimate of drug-likeness (QED) is 0.542. The maximum Gasteiger partial charge on any atom is 0.253 e. The maximum atomic E-state index is 13.4. The highest BCUT2D eigenvalue weighted by molar-refractivity contribution is 6.33. The third-order valence-corrected chi connectivity index (χ3v) is 4.63. The number of halogens is 3. The molecule has 0 saturated heterocycles. The second-order valence-corrected chi connectivity index (χ2v) is 6.76. The largest absolute Gasteiger partial charge is 0.345 e. The fraction of sp³-hybridized carbons (Fsp3) is 0.0526. The van der Waals surface area contributed by atoms with Crippen molar-refractivity contribution in [1.29, 1.82) is 0 Å². The Morgan fingerprint density at radius 2 is 1.82 bits per heavy atom. The molecule has 0 fully saturated rings. The molecule has 2 heterocycles. The SMILES string of the molecule is O=C(NCc1nnc2ccc(-c3ccc(Cl)cc3)nn12)c1cc(F)ccc1Cl. The molecule has 2 aromatic carbocycles. The van der Waals surface area contributed by atoms with Gasteiger partial charge >= 0.3 is 0 Å². The molecule has 1 N–H and O–H groups in total. The highest BCUT2D eigenvalue weighted by Gasteiger charge is 2.14. The number of carbonyl (C=O) groups is 1. The number of rotatable bonds is 4. The second-order valence-electron chi connectivity index (χ2n) is 5.92. The van der Waals surface area contributed by atoms with Crippen molar-refractivity contribution in [2.75, 3.05) is 0 Å². The van der Waals surface area contributed by atoms with E-state index in [1.165, 1.54) is 16.6 Å². The van der Waals surface area contributed by atoms with Gasteiger partial charge in [-0.2, -0.15) is 9.61 Å². The van der Waals surface area contributed by atoms with Crippen LogP contribution in [0.5, 0.6) is 0 Å². The van der Waals surface area contributed by atoms with Crippen LogP contribution >= 0.6 is 23.2 Å². The van der Waals surface area contributed by atoms with Crippen LogP contribution in [0, 0.1) is 5.82 Å². The molecule has 6 nitrogen and oxygen atoms in total. The number of hydrogen-bond acceptors (Lipinski definition) is 4. The molecule has 4 rings (SSSR count). The lowest BCUT2D eigenvalue weighted by molar-refractivity contribution is 0.0949. The zero-order chi connectivity index (χ0) is 19.7. The second kappa shape index (κ2) is 7.53. The molecule has 0 aliphatic rings. The molecule has 4 aromatic rings. The van der Waals surface area contributed by atoms with Crippen molar-refractivity contribution < 1.29 is 9.18 Å². The number of amides is 1. The number of nitrogens with one attached hydrogen (secondary N) is 1. The summed E-state index contributed by atoms with van der Waals surface area (Å²) in [6.07, 6.45) is 0. The number of aromatic nitrogens is 4. The van der Waals surface area contributed by atoms with Gasteiger partial charge in [-0.15, -0.1) is 10.2 Å². The van der Waals surface area contributed by atoms with E-state index in [4.69, 9.17) is 23.2 Å². The van der Waals surface area contributed by atoms with Crippen LogP contribution in [0.4, 0.5) is 4.39 Å². The van der Waals surface area contributed by atoms with Crippen molar-refractivity contribution in [1.82, 2.24) is 25.1 Å². The van der Waals surface area contributed by atoms with E-state index in [2.05, 4.69) is 20.6 Å². The fourth-order valence-electron chi connectivity index (χ4n) is 2.64. The monoisotopic (exact) mass is 415 g/mol. The van der Waals surface area contributed by atoms with Gasteiger partial charge in [0.05, 0.1) is 22.8 Å². The molecule has 0 unspecified atom stereocenters. The lowest BCUT2D eigenvalue weighted by atomic mass is 10.1. The van der Waals surface area contributed by atoms with Gasteiger partial charge < -0.3 is 5.32 Å². The average Bonchev–Trinajstić information content (AvgIpc) is 3.11. The third kappa shape index (κ3) is 3.67. The number of hydrogen-bond donors (Lipinski definition) is 1. The molecule has 2 aromatic heterocycles. The summed E-state index contributed by atoms with van der Waals surface area (Å²) in [6.45, 7) is 0.0455. The van der Waals surface area contributed by atoms with E-state index in [1.54, 1.807) is 18.2 Å². The minimum atomic E-state index is -0.545. The van der Waals surface area contributed by atoms with Crippen molar-refractivity contribution in [3.63, 3.8) is 0 Å². The predicted molar refractivity (Wildman–Crippen MR) is 104 cm³/mol. The Morgan fingerprint density at radius 1 is 1.04 bits per heavy atom. The Morgan fingerprint density at radius 3 is 2.61 bits per heavy atom. The zero-order valence-electron chi connectivity index (χ0n) is 14.2. The van der Waals surface area contributed by atoms with E-state index in [0.717, 1.165) is 11.6 Å². The van der Waals surface area contributed by atoms with Crippen LogP contribution in [0.2, 0.25) is 10.0 Å². The van der Waals surface area contributed by atoms with E-state index in [0.29, 0.717) is 22.2 Å². The van der Waals surface area contributed by atoms with Crippen LogP contribution in [0.15, 0.2) is 54.6 Å². The van der Waals surface area contributed by atoms with Crippen LogP contribution in [-0.4, -0.2) is 25.7 Å². The first-order valence-corrected chi connectivity index (χ1v) is 8.97. The van der Waals surface area contributed by atoms with Crippen LogP contribution < -0.4 is 5.32 Å². The van der Waals surface area contributed by atoms with Gasteiger partial charge in [0.15, 0.2) is 11.5 Å². The van der Waals surface area contributed by atoms with E-state index >= 15 is 0 Å². The van der Waals surface area contributed by atoms with E-state index in [9.17, 15) is 9.18 Å². The Hall–Kier alpha value is -3.03. The van der Waals surface area contributed by atoms with Gasteiger partial charge in [0.25, 0.3) is 5.91 Å². The van der Waals surface area contributed by atoms with E-state index < -0.39 is 11.7 Å². The Kier molecular flexibility index (Phi) is 4.93. The molecule has 0 aliphatic carbocycles. The molecule has 0 atom stereocenters. The van der Waals surface area contributed by atoms with E-state index in [1.807, 2.05) is 18.2 Å². The molecule has 0 bridgehead atoms. The predicted octanol–water partition coefficient (Wildman–Crippen LogP) is 4.17. The van der Waals surface area contributed by atoms with Crippen molar-refractivity contribution in [3.8, 4) is 11.3 Å². The van der Waals surface area contributed by atoms with Crippen LogP contribution in [0.1, 0.15) is 16.2 Å². The molecule has 0 radical (unpaired) electrons. The van der Waals surface area contributed by atoms with Gasteiger partial charge in [-0.05, 0) is 42.5 Å². The molecule has 9 heteroatoms. The van der Waals surface area contributed by atoms with Gasteiger partial charge in [-0.3, -0.25) is 4.79 Å². The Balaban J connectivity index is 1.59. The minimum Gasteiger partial charge on any atom is -0.345 e. The number of nitrogens with zero attached hydrogens (tertiary/aromatic N) is 4. The Bertz CT molecular complexity index is 1180. The van der Waals surface area contributed by atoms with Crippen LogP contribution in [0.3, 0.4) is 0 Å². The first kappa shape index (κ1) is 18.3. The van der Waals surface area contributed by atoms with Gasteiger partial charge in [-0.25, -0.2) is 4.39 Å². The highest BCUT2D eigenvalue weighted by atomic mass is 35.5. The first-order valence-electron chi connectivity index (χ1n) is 8.22. The molecule has 0 saturated carbocycles. The summed E-state index contributed by atoms with van der Waals surface area (Å²) < 4.78 is 14.9. The molecule has 140 valence electrons. The zero-order valence-corrected chi connectivity index (χ0v) is 15.7. The van der Waals surface area contributed by atoms with Crippen LogP contribution in [-0.2, 0) is 6.54 Å². The van der Waals surface area contributed by atoms with Gasteiger partial charge in [-0.1, -0.05) is 35.3 Å². The summed E-state index contributed by atoms with van der Waals surface area (Å²) >= 11 is 11.9. The minimum absolute atomic E-state index is 0.0455. The number of fused-ring (bicyclic) bond motifs is 1. The van der Waals surface area contributed by atoms with E-state index in [-0.39, 0.29) is 17.1 Å². The Labute approximate surface area is 168 Å². The summed E-state index contributed by atoms with van der Waals surface area (Å²) in [7, 11) is 0. The van der Waals surface area contributed by atoms with Gasteiger partial charge in [0, 0.05) is 10.6 Å². The molecule has 28 heavy (non-hydrogen) atoms. The van der Waals surface area contributed by atoms with Crippen LogP contribution in [0.25, 0.3) is 16.9 Å². The topological polar surface area (TPSA) is 72.2 Å². The first-order chi connectivity index (χ1) is 13.5. The summed E-state index contributed by atoms with van der Waals surface area (Å²) in [6, 6.07) is 14.5. The van der Waals surface area contributed by atoms with Gasteiger partial charge in [0.2, 0.25) is 0 Å². The summed E-state index contributed by atoms with van der Waals surface area (Å²) in [5.74, 6) is -0.640. The summed E-state index contributed by atoms with van der Waals surface area (Å²) in [4.78, 5) is 12.3. The molecule has 0 aliphatic heterocycles.